The van der Waals surface area contributed by atoms with Gasteiger partial charge in [-0.05, 0) is 31.9 Å². The number of fused-ring (bicyclic) bond motifs is 1. The fourth-order valence-electron chi connectivity index (χ4n) is 3.50. The minimum absolute atomic E-state index is 0.372. The van der Waals surface area contributed by atoms with E-state index in [9.17, 15) is 9.90 Å². The molecule has 4 rings (SSSR count). The van der Waals surface area contributed by atoms with Gasteiger partial charge in [-0.25, -0.2) is 9.97 Å². The Morgan fingerprint density at radius 1 is 1.08 bits per heavy atom. The van der Waals surface area contributed by atoms with Crippen LogP contribution in [0.1, 0.15) is 18.4 Å². The zero-order valence-electron chi connectivity index (χ0n) is 14.7. The fourth-order valence-corrected chi connectivity index (χ4v) is 3.50. The molecule has 0 amide bonds. The summed E-state index contributed by atoms with van der Waals surface area (Å²) in [5.74, 6) is -0.663. The summed E-state index contributed by atoms with van der Waals surface area (Å²) in [5, 5.41) is 12.1. The molecule has 1 aromatic heterocycles. The van der Waals surface area contributed by atoms with E-state index >= 15 is 0 Å². The van der Waals surface area contributed by atoms with Crippen LogP contribution in [0.5, 0.6) is 0 Å². The van der Waals surface area contributed by atoms with Gasteiger partial charge in [-0.1, -0.05) is 42.0 Å². The fraction of sp³-hybridized carbons (Fsp3) is 0.286. The zero-order valence-corrected chi connectivity index (χ0v) is 14.7. The third-order valence-corrected chi connectivity index (χ3v) is 5.00. The highest BCUT2D eigenvalue weighted by Crippen LogP contribution is 2.30. The van der Waals surface area contributed by atoms with E-state index < -0.39 is 5.97 Å². The number of carboxylic acids is 1. The second-order valence-corrected chi connectivity index (χ2v) is 6.84. The van der Waals surface area contributed by atoms with Crippen molar-refractivity contribution in [3.63, 3.8) is 0 Å². The van der Waals surface area contributed by atoms with Gasteiger partial charge in [0.15, 0.2) is 0 Å². The molecule has 3 aromatic rings. The lowest BCUT2D eigenvalue weighted by atomic mass is 9.97. The van der Waals surface area contributed by atoms with E-state index in [2.05, 4.69) is 36.1 Å². The molecule has 0 saturated carbocycles. The summed E-state index contributed by atoms with van der Waals surface area (Å²) in [6, 6.07) is 16.3. The van der Waals surface area contributed by atoms with Gasteiger partial charge in [-0.2, -0.15) is 0 Å². The number of carbonyl (C=O) groups is 1. The molecule has 2 aromatic carbocycles. The quantitative estimate of drug-likeness (QED) is 0.729. The molecule has 1 saturated heterocycles. The van der Waals surface area contributed by atoms with Gasteiger partial charge in [-0.3, -0.25) is 0 Å². The van der Waals surface area contributed by atoms with Crippen molar-refractivity contribution >= 4 is 22.8 Å². The Bertz CT molecular complexity index is 948. The number of rotatable bonds is 3. The number of benzene rings is 2. The van der Waals surface area contributed by atoms with Crippen LogP contribution < -0.4 is 10.0 Å². The SMILES string of the molecule is Cc1ccc2nc(N3CCC(C(=O)[O-])CC3)nc(-c3ccccc3)c2c1. The normalized spacial score (nSPS) is 15.3. The number of carboxylic acid groups (broad SMARTS) is 1. The van der Waals surface area contributed by atoms with E-state index in [4.69, 9.17) is 9.97 Å². The first-order valence-electron chi connectivity index (χ1n) is 8.91. The third-order valence-electron chi connectivity index (χ3n) is 5.00. The molecule has 1 fully saturated rings. The lowest BCUT2D eigenvalue weighted by Gasteiger charge is -2.32. The number of hydrogen-bond donors (Lipinski definition) is 0. The molecular weight excluding hydrogens is 326 g/mol. The average molecular weight is 346 g/mol. The molecular formula is C21H20N3O2-. The lowest BCUT2D eigenvalue weighted by Crippen LogP contribution is -2.41. The standard InChI is InChI=1S/C21H21N3O2/c1-14-7-8-18-17(13-14)19(15-5-3-2-4-6-15)23-21(22-18)24-11-9-16(10-12-24)20(25)26/h2-8,13,16H,9-12H2,1H3,(H,25,26)/p-1. The highest BCUT2D eigenvalue weighted by atomic mass is 16.4. The Balaban J connectivity index is 1.77. The number of aromatic nitrogens is 2. The van der Waals surface area contributed by atoms with Crippen LogP contribution in [0, 0.1) is 12.8 Å². The first kappa shape index (κ1) is 16.5. The summed E-state index contributed by atoms with van der Waals surface area (Å²) in [5.41, 5.74) is 4.04. The Labute approximate surface area is 152 Å². The van der Waals surface area contributed by atoms with Crippen LogP contribution in [0.4, 0.5) is 5.95 Å². The Kier molecular flexibility index (Phi) is 4.29. The molecule has 132 valence electrons. The molecule has 0 radical (unpaired) electrons. The number of piperidine rings is 1. The van der Waals surface area contributed by atoms with Gasteiger partial charge in [0.25, 0.3) is 0 Å². The van der Waals surface area contributed by atoms with Crippen LogP contribution in [-0.2, 0) is 4.79 Å². The van der Waals surface area contributed by atoms with E-state index in [1.54, 1.807) is 0 Å². The summed E-state index contributed by atoms with van der Waals surface area (Å²) in [4.78, 5) is 22.8. The highest BCUT2D eigenvalue weighted by molar-refractivity contribution is 5.93. The van der Waals surface area contributed by atoms with Crippen molar-refractivity contribution < 1.29 is 9.90 Å². The summed E-state index contributed by atoms with van der Waals surface area (Å²) in [6.07, 6.45) is 1.14. The van der Waals surface area contributed by atoms with Crippen LogP contribution in [0.3, 0.4) is 0 Å². The largest absolute Gasteiger partial charge is 0.550 e. The summed E-state index contributed by atoms with van der Waals surface area (Å²) < 4.78 is 0. The molecule has 1 aliphatic rings. The van der Waals surface area contributed by atoms with Gasteiger partial charge in [0.2, 0.25) is 5.95 Å². The van der Waals surface area contributed by atoms with Crippen molar-refractivity contribution in [1.82, 2.24) is 9.97 Å². The average Bonchev–Trinajstić information content (AvgIpc) is 2.68. The maximum atomic E-state index is 11.1. The minimum atomic E-state index is -0.954. The van der Waals surface area contributed by atoms with Crippen molar-refractivity contribution in [3.05, 3.63) is 54.1 Å². The lowest BCUT2D eigenvalue weighted by molar-refractivity contribution is -0.312. The van der Waals surface area contributed by atoms with E-state index in [0.717, 1.165) is 22.2 Å². The van der Waals surface area contributed by atoms with Crippen molar-refractivity contribution in [2.75, 3.05) is 18.0 Å². The molecule has 1 aliphatic heterocycles. The van der Waals surface area contributed by atoms with Gasteiger partial charge in [0.1, 0.15) is 0 Å². The predicted octanol–water partition coefficient (Wildman–Crippen LogP) is 2.57. The predicted molar refractivity (Wildman–Crippen MR) is 99.7 cm³/mol. The number of aliphatic carboxylic acids is 1. The number of anilines is 1. The Morgan fingerprint density at radius 2 is 1.81 bits per heavy atom. The molecule has 5 nitrogen and oxygen atoms in total. The van der Waals surface area contributed by atoms with Gasteiger partial charge < -0.3 is 14.8 Å². The van der Waals surface area contributed by atoms with Crippen LogP contribution in [0.2, 0.25) is 0 Å². The molecule has 0 bridgehead atoms. The van der Waals surface area contributed by atoms with Gasteiger partial charge >= 0.3 is 0 Å². The number of aryl methyl sites for hydroxylation is 1. The Hall–Kier alpha value is -2.95. The summed E-state index contributed by atoms with van der Waals surface area (Å²) in [7, 11) is 0. The highest BCUT2D eigenvalue weighted by Gasteiger charge is 2.23. The number of carbonyl (C=O) groups excluding carboxylic acids is 1. The van der Waals surface area contributed by atoms with Crippen molar-refractivity contribution in [2.45, 2.75) is 19.8 Å². The maximum Gasteiger partial charge on any atom is 0.226 e. The molecule has 0 aliphatic carbocycles. The zero-order chi connectivity index (χ0) is 18.1. The first-order valence-corrected chi connectivity index (χ1v) is 8.91. The van der Waals surface area contributed by atoms with Crippen LogP contribution in [0.25, 0.3) is 22.2 Å². The van der Waals surface area contributed by atoms with Crippen molar-refractivity contribution in [1.29, 1.82) is 0 Å². The van der Waals surface area contributed by atoms with E-state index in [1.807, 2.05) is 24.3 Å². The van der Waals surface area contributed by atoms with Gasteiger partial charge in [0.05, 0.1) is 11.2 Å². The van der Waals surface area contributed by atoms with Gasteiger partial charge in [0, 0.05) is 35.9 Å². The van der Waals surface area contributed by atoms with Crippen LogP contribution in [0.15, 0.2) is 48.5 Å². The van der Waals surface area contributed by atoms with E-state index in [-0.39, 0.29) is 5.92 Å². The Morgan fingerprint density at radius 3 is 2.50 bits per heavy atom. The first-order chi connectivity index (χ1) is 12.6. The van der Waals surface area contributed by atoms with Crippen LogP contribution in [-0.4, -0.2) is 29.0 Å². The minimum Gasteiger partial charge on any atom is -0.550 e. The van der Waals surface area contributed by atoms with Crippen molar-refractivity contribution in [2.24, 2.45) is 5.92 Å². The summed E-state index contributed by atoms with van der Waals surface area (Å²) >= 11 is 0. The molecule has 26 heavy (non-hydrogen) atoms. The molecule has 0 spiro atoms. The third kappa shape index (κ3) is 3.12. The van der Waals surface area contributed by atoms with E-state index in [1.165, 1.54) is 5.56 Å². The smallest absolute Gasteiger partial charge is 0.226 e. The van der Waals surface area contributed by atoms with Crippen LogP contribution >= 0.6 is 0 Å². The molecule has 0 unspecified atom stereocenters. The second kappa shape index (κ2) is 6.75. The second-order valence-electron chi connectivity index (χ2n) is 6.84. The molecule has 0 atom stereocenters. The molecule has 5 heteroatoms. The number of nitrogens with zero attached hydrogens (tertiary/aromatic N) is 3. The molecule has 2 heterocycles. The van der Waals surface area contributed by atoms with E-state index in [0.29, 0.717) is 31.9 Å². The maximum absolute atomic E-state index is 11.1. The number of hydrogen-bond acceptors (Lipinski definition) is 5. The molecule has 0 N–H and O–H groups in total. The van der Waals surface area contributed by atoms with Crippen molar-refractivity contribution in [3.8, 4) is 11.3 Å². The summed E-state index contributed by atoms with van der Waals surface area (Å²) in [6.45, 7) is 3.32. The van der Waals surface area contributed by atoms with Gasteiger partial charge in [-0.15, -0.1) is 0 Å². The monoisotopic (exact) mass is 346 g/mol. The topological polar surface area (TPSA) is 69.2 Å².